The van der Waals surface area contributed by atoms with Crippen LogP contribution in [0.3, 0.4) is 0 Å². The summed E-state index contributed by atoms with van der Waals surface area (Å²) in [5, 5.41) is 3.96. The lowest BCUT2D eigenvalue weighted by Crippen LogP contribution is -2.31. The van der Waals surface area contributed by atoms with Crippen molar-refractivity contribution in [2.75, 3.05) is 0 Å². The molecule has 3 nitrogen and oxygen atoms in total. The third-order valence-corrected chi connectivity index (χ3v) is 4.51. The number of aromatic nitrogens is 1. The molecule has 0 aliphatic rings. The maximum Gasteiger partial charge on any atom is 0.251 e. The zero-order chi connectivity index (χ0) is 14.7. The molecular weight excluding hydrogens is 268 g/mol. The molecule has 1 aromatic heterocycles. The number of carbonyl (C=O) groups excluding carboxylic acids is 1. The highest BCUT2D eigenvalue weighted by Gasteiger charge is 2.11. The Morgan fingerprint density at radius 3 is 2.75 bits per heavy atom. The second-order valence-electron chi connectivity index (χ2n) is 5.02. The highest BCUT2D eigenvalue weighted by molar-refractivity contribution is 7.15. The summed E-state index contributed by atoms with van der Waals surface area (Å²) >= 11 is 1.66. The van der Waals surface area contributed by atoms with Gasteiger partial charge in [0.1, 0.15) is 5.01 Å². The summed E-state index contributed by atoms with van der Waals surface area (Å²) in [4.78, 5) is 17.9. The molecule has 0 aliphatic heterocycles. The fourth-order valence-electron chi connectivity index (χ4n) is 1.80. The number of nitrogens with zero attached hydrogens (tertiary/aromatic N) is 1. The average molecular weight is 288 g/mol. The molecule has 1 N–H and O–H groups in total. The molecule has 0 saturated heterocycles. The minimum atomic E-state index is -0.0220. The molecule has 0 fully saturated rings. The highest BCUT2D eigenvalue weighted by atomic mass is 32.1. The predicted octanol–water partition coefficient (Wildman–Crippen LogP) is 3.96. The van der Waals surface area contributed by atoms with Gasteiger partial charge in [-0.25, -0.2) is 4.98 Å². The van der Waals surface area contributed by atoms with Crippen LogP contribution >= 0.6 is 11.3 Å². The van der Waals surface area contributed by atoms with Gasteiger partial charge < -0.3 is 5.32 Å². The Morgan fingerprint density at radius 1 is 1.40 bits per heavy atom. The van der Waals surface area contributed by atoms with Crippen LogP contribution in [0.2, 0.25) is 0 Å². The van der Waals surface area contributed by atoms with Gasteiger partial charge in [-0.3, -0.25) is 4.79 Å². The normalized spacial score (nSPS) is 12.2. The molecule has 2 aromatic rings. The van der Waals surface area contributed by atoms with E-state index in [1.807, 2.05) is 38.1 Å². The van der Waals surface area contributed by atoms with Crippen LogP contribution in [0.5, 0.6) is 0 Å². The lowest BCUT2D eigenvalue weighted by molar-refractivity contribution is 0.0939. The Labute approximate surface area is 124 Å². The van der Waals surface area contributed by atoms with Crippen LogP contribution in [-0.4, -0.2) is 16.9 Å². The average Bonchev–Trinajstić information content (AvgIpc) is 2.78. The quantitative estimate of drug-likeness (QED) is 0.925. The summed E-state index contributed by atoms with van der Waals surface area (Å²) < 4.78 is 0. The fourth-order valence-corrected chi connectivity index (χ4v) is 2.71. The van der Waals surface area contributed by atoms with Crippen molar-refractivity contribution in [1.82, 2.24) is 10.3 Å². The van der Waals surface area contributed by atoms with Crippen LogP contribution < -0.4 is 5.32 Å². The SMILES string of the molecule is CCC(C)NC(=O)c1cccc(-c2nc(C)c(C)s2)c1. The van der Waals surface area contributed by atoms with E-state index in [0.29, 0.717) is 5.56 Å². The zero-order valence-corrected chi connectivity index (χ0v) is 13.2. The third kappa shape index (κ3) is 3.25. The molecule has 1 unspecified atom stereocenters. The Kier molecular flexibility index (Phi) is 4.55. The first-order valence-corrected chi connectivity index (χ1v) is 7.68. The number of hydrogen-bond acceptors (Lipinski definition) is 3. The largest absolute Gasteiger partial charge is 0.350 e. The maximum absolute atomic E-state index is 12.1. The van der Waals surface area contributed by atoms with Crippen molar-refractivity contribution in [2.45, 2.75) is 40.2 Å². The topological polar surface area (TPSA) is 42.0 Å². The van der Waals surface area contributed by atoms with Crippen LogP contribution in [0.15, 0.2) is 24.3 Å². The molecule has 0 aliphatic carbocycles. The molecule has 1 heterocycles. The van der Waals surface area contributed by atoms with Crippen LogP contribution in [-0.2, 0) is 0 Å². The van der Waals surface area contributed by atoms with Gasteiger partial charge in [-0.05, 0) is 39.3 Å². The third-order valence-electron chi connectivity index (χ3n) is 3.39. The van der Waals surface area contributed by atoms with E-state index in [4.69, 9.17) is 0 Å². The molecule has 20 heavy (non-hydrogen) atoms. The van der Waals surface area contributed by atoms with E-state index in [1.54, 1.807) is 11.3 Å². The van der Waals surface area contributed by atoms with E-state index in [1.165, 1.54) is 4.88 Å². The standard InChI is InChI=1S/C16H20N2OS/c1-5-10(2)17-15(19)13-7-6-8-14(9-13)16-18-11(3)12(4)20-16/h6-10H,5H2,1-4H3,(H,17,19). The van der Waals surface area contributed by atoms with Crippen molar-refractivity contribution < 1.29 is 4.79 Å². The smallest absolute Gasteiger partial charge is 0.251 e. The monoisotopic (exact) mass is 288 g/mol. The fraction of sp³-hybridized carbons (Fsp3) is 0.375. The first-order valence-electron chi connectivity index (χ1n) is 6.86. The first kappa shape index (κ1) is 14.7. The van der Waals surface area contributed by atoms with E-state index < -0.39 is 0 Å². The van der Waals surface area contributed by atoms with E-state index >= 15 is 0 Å². The summed E-state index contributed by atoms with van der Waals surface area (Å²) in [7, 11) is 0. The number of aryl methyl sites for hydroxylation is 2. The van der Waals surface area contributed by atoms with Gasteiger partial charge in [-0.2, -0.15) is 0 Å². The number of thiazole rings is 1. The van der Waals surface area contributed by atoms with E-state index in [-0.39, 0.29) is 11.9 Å². The minimum Gasteiger partial charge on any atom is -0.350 e. The van der Waals surface area contributed by atoms with Crippen LogP contribution in [0.4, 0.5) is 0 Å². The molecule has 4 heteroatoms. The summed E-state index contributed by atoms with van der Waals surface area (Å²) in [6.07, 6.45) is 0.927. The number of nitrogens with one attached hydrogen (secondary N) is 1. The molecular formula is C16H20N2OS. The first-order chi connectivity index (χ1) is 9.51. The molecule has 0 bridgehead atoms. The van der Waals surface area contributed by atoms with Gasteiger partial charge in [-0.1, -0.05) is 19.1 Å². The van der Waals surface area contributed by atoms with Crippen LogP contribution in [0.1, 0.15) is 41.2 Å². The van der Waals surface area contributed by atoms with Gasteiger partial charge >= 0.3 is 0 Å². The molecule has 106 valence electrons. The number of rotatable bonds is 4. The Morgan fingerprint density at radius 2 is 2.15 bits per heavy atom. The summed E-state index contributed by atoms with van der Waals surface area (Å²) in [6.45, 7) is 8.14. The van der Waals surface area contributed by atoms with Gasteiger partial charge in [0.25, 0.3) is 5.91 Å². The second-order valence-corrected chi connectivity index (χ2v) is 6.23. The van der Waals surface area contributed by atoms with Crippen molar-refractivity contribution in [3.05, 3.63) is 40.4 Å². The molecule has 0 saturated carbocycles. The lowest BCUT2D eigenvalue weighted by Gasteiger charge is -2.11. The zero-order valence-electron chi connectivity index (χ0n) is 12.4. The van der Waals surface area contributed by atoms with E-state index in [2.05, 4.69) is 24.1 Å². The van der Waals surface area contributed by atoms with Crippen molar-refractivity contribution in [3.63, 3.8) is 0 Å². The van der Waals surface area contributed by atoms with Gasteiger partial charge in [0.2, 0.25) is 0 Å². The van der Waals surface area contributed by atoms with Crippen molar-refractivity contribution in [3.8, 4) is 10.6 Å². The Balaban J connectivity index is 2.26. The van der Waals surface area contributed by atoms with Crippen molar-refractivity contribution >= 4 is 17.2 Å². The highest BCUT2D eigenvalue weighted by Crippen LogP contribution is 2.27. The summed E-state index contributed by atoms with van der Waals surface area (Å²) in [6, 6.07) is 7.85. The van der Waals surface area contributed by atoms with Crippen LogP contribution in [0.25, 0.3) is 10.6 Å². The van der Waals surface area contributed by atoms with E-state index in [9.17, 15) is 4.79 Å². The summed E-state index contributed by atoms with van der Waals surface area (Å²) in [5.74, 6) is -0.0220. The Bertz CT molecular complexity index is 599. The second kappa shape index (κ2) is 6.18. The number of benzene rings is 1. The summed E-state index contributed by atoms with van der Waals surface area (Å²) in [5.41, 5.74) is 2.75. The van der Waals surface area contributed by atoms with Crippen molar-refractivity contribution in [2.24, 2.45) is 0 Å². The molecule has 2 rings (SSSR count). The van der Waals surface area contributed by atoms with Crippen molar-refractivity contribution in [1.29, 1.82) is 0 Å². The van der Waals surface area contributed by atoms with Gasteiger partial charge in [0, 0.05) is 22.0 Å². The van der Waals surface area contributed by atoms with Gasteiger partial charge in [0.05, 0.1) is 5.69 Å². The minimum absolute atomic E-state index is 0.0220. The number of carbonyl (C=O) groups is 1. The maximum atomic E-state index is 12.1. The molecule has 0 spiro atoms. The lowest BCUT2D eigenvalue weighted by atomic mass is 10.1. The van der Waals surface area contributed by atoms with E-state index in [0.717, 1.165) is 22.7 Å². The number of hydrogen-bond donors (Lipinski definition) is 1. The predicted molar refractivity (Wildman–Crippen MR) is 84.2 cm³/mol. The molecule has 1 atom stereocenters. The molecule has 0 radical (unpaired) electrons. The van der Waals surface area contributed by atoms with Gasteiger partial charge in [0.15, 0.2) is 0 Å². The Hall–Kier alpha value is -1.68. The van der Waals surface area contributed by atoms with Crippen LogP contribution in [0, 0.1) is 13.8 Å². The molecule has 1 aromatic carbocycles. The number of amides is 1. The molecule has 1 amide bonds. The van der Waals surface area contributed by atoms with Gasteiger partial charge in [-0.15, -0.1) is 11.3 Å².